The Labute approximate surface area is 130 Å². The fourth-order valence-electron chi connectivity index (χ4n) is 2.67. The van der Waals surface area contributed by atoms with Gasteiger partial charge in [-0.3, -0.25) is 10.8 Å². The number of nitrogens with zero attached hydrogens (tertiary/aromatic N) is 1. The van der Waals surface area contributed by atoms with E-state index in [9.17, 15) is 8.42 Å². The first kappa shape index (κ1) is 16.5. The molecule has 21 heavy (non-hydrogen) atoms. The summed E-state index contributed by atoms with van der Waals surface area (Å²) in [5.41, 5.74) is 2.75. The van der Waals surface area contributed by atoms with Crippen LogP contribution in [0.25, 0.3) is 0 Å². The van der Waals surface area contributed by atoms with Crippen LogP contribution in [0.1, 0.15) is 32.1 Å². The van der Waals surface area contributed by atoms with Crippen LogP contribution < -0.4 is 16.0 Å². The Kier molecular flexibility index (Phi) is 5.48. The van der Waals surface area contributed by atoms with Gasteiger partial charge in [0.2, 0.25) is 10.0 Å². The van der Waals surface area contributed by atoms with Crippen LogP contribution in [0.3, 0.4) is 0 Å². The second kappa shape index (κ2) is 6.95. The van der Waals surface area contributed by atoms with Gasteiger partial charge in [-0.2, -0.15) is 11.8 Å². The van der Waals surface area contributed by atoms with Crippen molar-refractivity contribution < 1.29 is 8.42 Å². The molecule has 1 aliphatic rings. The first-order valence-corrected chi connectivity index (χ1v) is 9.69. The van der Waals surface area contributed by atoms with Gasteiger partial charge in [-0.25, -0.2) is 13.1 Å². The van der Waals surface area contributed by atoms with Gasteiger partial charge in [-0.15, -0.1) is 0 Å². The average molecular weight is 330 g/mol. The summed E-state index contributed by atoms with van der Waals surface area (Å²) in [5, 5.41) is 0. The van der Waals surface area contributed by atoms with E-state index >= 15 is 0 Å². The molecule has 6 nitrogen and oxygen atoms in total. The third-order valence-electron chi connectivity index (χ3n) is 4.01. The van der Waals surface area contributed by atoms with Gasteiger partial charge < -0.3 is 5.43 Å². The molecule has 0 bridgehead atoms. The Balaban J connectivity index is 2.14. The van der Waals surface area contributed by atoms with Crippen LogP contribution in [0, 0.1) is 0 Å². The Morgan fingerprint density at radius 1 is 1.38 bits per heavy atom. The van der Waals surface area contributed by atoms with Crippen molar-refractivity contribution in [1.29, 1.82) is 0 Å². The van der Waals surface area contributed by atoms with Gasteiger partial charge in [-0.05, 0) is 25.2 Å². The maximum Gasteiger partial charge on any atom is 0.244 e. The van der Waals surface area contributed by atoms with E-state index in [0.717, 1.165) is 25.7 Å². The van der Waals surface area contributed by atoms with Crippen molar-refractivity contribution in [1.82, 2.24) is 9.71 Å². The van der Waals surface area contributed by atoms with Crippen molar-refractivity contribution in [3.05, 3.63) is 18.5 Å². The molecule has 1 heterocycles. The molecule has 0 atom stereocenters. The van der Waals surface area contributed by atoms with Crippen molar-refractivity contribution >= 4 is 27.5 Å². The normalized spacial score (nSPS) is 18.4. The van der Waals surface area contributed by atoms with Crippen LogP contribution in [0.4, 0.5) is 5.69 Å². The molecule has 0 unspecified atom stereocenters. The number of thioether (sulfide) groups is 1. The highest BCUT2D eigenvalue weighted by atomic mass is 32.2. The van der Waals surface area contributed by atoms with Crippen molar-refractivity contribution in [3.8, 4) is 0 Å². The lowest BCUT2D eigenvalue weighted by atomic mass is 9.88. The van der Waals surface area contributed by atoms with Crippen molar-refractivity contribution in [2.75, 3.05) is 18.2 Å². The predicted molar refractivity (Wildman–Crippen MR) is 86.6 cm³/mol. The summed E-state index contributed by atoms with van der Waals surface area (Å²) >= 11 is 1.76. The first-order valence-electron chi connectivity index (χ1n) is 6.98. The van der Waals surface area contributed by atoms with Crippen LogP contribution in [-0.4, -0.2) is 30.9 Å². The Morgan fingerprint density at radius 3 is 2.71 bits per heavy atom. The zero-order valence-electron chi connectivity index (χ0n) is 12.1. The van der Waals surface area contributed by atoms with E-state index < -0.39 is 10.0 Å². The standard InChI is InChI=1S/C13H22N4O2S2/c1-20-13(6-3-2-4-7-13)10-16-21(18,19)12-9-15-8-5-11(12)17-14/h5,8-9,16H,2-4,6-7,10,14H2,1H3,(H,15,17). The number of pyridine rings is 1. The lowest BCUT2D eigenvalue weighted by Crippen LogP contribution is -2.41. The fourth-order valence-corrected chi connectivity index (χ4v) is 4.91. The molecular weight excluding hydrogens is 308 g/mol. The maximum atomic E-state index is 12.5. The lowest BCUT2D eigenvalue weighted by Gasteiger charge is -2.35. The minimum absolute atomic E-state index is 0.00381. The second-order valence-corrected chi connectivity index (χ2v) is 8.30. The van der Waals surface area contributed by atoms with Gasteiger partial charge in [0.15, 0.2) is 0 Å². The monoisotopic (exact) mass is 330 g/mol. The zero-order chi connectivity index (χ0) is 15.3. The molecule has 8 heteroatoms. The number of rotatable bonds is 6. The topological polar surface area (TPSA) is 97.1 Å². The molecular formula is C13H22N4O2S2. The molecule has 0 aromatic carbocycles. The molecule has 2 rings (SSSR count). The van der Waals surface area contributed by atoms with Gasteiger partial charge in [0.25, 0.3) is 0 Å². The van der Waals surface area contributed by atoms with Gasteiger partial charge in [0.1, 0.15) is 4.90 Å². The zero-order valence-corrected chi connectivity index (χ0v) is 13.8. The Hall–Kier alpha value is -0.830. The van der Waals surface area contributed by atoms with E-state index in [0.29, 0.717) is 12.2 Å². The smallest absolute Gasteiger partial charge is 0.244 e. The largest absolute Gasteiger partial charge is 0.323 e. The molecule has 0 saturated heterocycles. The van der Waals surface area contributed by atoms with Crippen LogP contribution in [0.2, 0.25) is 0 Å². The van der Waals surface area contributed by atoms with E-state index in [4.69, 9.17) is 5.84 Å². The van der Waals surface area contributed by atoms with E-state index in [1.807, 2.05) is 0 Å². The highest BCUT2D eigenvalue weighted by molar-refractivity contribution is 8.00. The number of hydrogen-bond acceptors (Lipinski definition) is 6. The highest BCUT2D eigenvalue weighted by Gasteiger charge is 2.33. The molecule has 4 N–H and O–H groups in total. The quantitative estimate of drug-likeness (QED) is 0.543. The summed E-state index contributed by atoms with van der Waals surface area (Å²) in [6, 6.07) is 1.54. The maximum absolute atomic E-state index is 12.5. The number of hydrogen-bond donors (Lipinski definition) is 3. The van der Waals surface area contributed by atoms with Gasteiger partial charge in [-0.1, -0.05) is 19.3 Å². The third kappa shape index (κ3) is 3.88. The van der Waals surface area contributed by atoms with Crippen LogP contribution in [-0.2, 0) is 10.0 Å². The molecule has 0 spiro atoms. The molecule has 1 aromatic rings. The fraction of sp³-hybridized carbons (Fsp3) is 0.615. The molecule has 0 aliphatic heterocycles. The van der Waals surface area contributed by atoms with E-state index in [1.165, 1.54) is 18.8 Å². The number of nitrogens with two attached hydrogens (primary N) is 1. The van der Waals surface area contributed by atoms with Gasteiger partial charge in [0, 0.05) is 23.7 Å². The average Bonchev–Trinajstić information content (AvgIpc) is 2.54. The molecule has 1 aromatic heterocycles. The van der Waals surface area contributed by atoms with E-state index in [1.54, 1.807) is 17.8 Å². The summed E-state index contributed by atoms with van der Waals surface area (Å²) in [5.74, 6) is 5.36. The van der Waals surface area contributed by atoms with Crippen LogP contribution in [0.5, 0.6) is 0 Å². The first-order chi connectivity index (χ1) is 10.0. The van der Waals surface area contributed by atoms with Gasteiger partial charge >= 0.3 is 0 Å². The summed E-state index contributed by atoms with van der Waals surface area (Å²) < 4.78 is 27.6. The summed E-state index contributed by atoms with van der Waals surface area (Å²) in [6.07, 6.45) is 10.5. The SMILES string of the molecule is CSC1(CNS(=O)(=O)c2cnccc2NN)CCCCC1. The van der Waals surface area contributed by atoms with E-state index in [-0.39, 0.29) is 9.64 Å². The van der Waals surface area contributed by atoms with Crippen LogP contribution in [0.15, 0.2) is 23.4 Å². The molecule has 1 saturated carbocycles. The minimum Gasteiger partial charge on any atom is -0.323 e. The number of anilines is 1. The Morgan fingerprint density at radius 2 is 2.10 bits per heavy atom. The van der Waals surface area contributed by atoms with Crippen molar-refractivity contribution in [2.24, 2.45) is 5.84 Å². The number of nitrogens with one attached hydrogen (secondary N) is 2. The number of hydrazine groups is 1. The van der Waals surface area contributed by atoms with Gasteiger partial charge in [0.05, 0.1) is 5.69 Å². The lowest BCUT2D eigenvalue weighted by molar-refractivity contribution is 0.395. The summed E-state index contributed by atoms with van der Waals surface area (Å²) in [4.78, 5) is 3.95. The minimum atomic E-state index is -3.62. The Bertz CT molecular complexity index is 571. The summed E-state index contributed by atoms with van der Waals surface area (Å²) in [7, 11) is -3.62. The number of sulfonamides is 1. The van der Waals surface area contributed by atoms with Crippen molar-refractivity contribution in [3.63, 3.8) is 0 Å². The number of aromatic nitrogens is 1. The molecule has 118 valence electrons. The second-order valence-electron chi connectivity index (χ2n) is 5.29. The van der Waals surface area contributed by atoms with Crippen LogP contribution >= 0.6 is 11.8 Å². The third-order valence-corrected chi connectivity index (χ3v) is 6.86. The van der Waals surface area contributed by atoms with E-state index in [2.05, 4.69) is 21.4 Å². The summed E-state index contributed by atoms with van der Waals surface area (Å²) in [6.45, 7) is 0.440. The van der Waals surface area contributed by atoms with Crippen molar-refractivity contribution in [2.45, 2.75) is 41.7 Å². The molecule has 1 aliphatic carbocycles. The number of nitrogen functional groups attached to an aromatic ring is 1. The molecule has 1 fully saturated rings. The molecule has 0 amide bonds. The predicted octanol–water partition coefficient (Wildman–Crippen LogP) is 1.71. The highest BCUT2D eigenvalue weighted by Crippen LogP contribution is 2.38. The molecule has 0 radical (unpaired) electrons.